The Kier molecular flexibility index (Phi) is 5.07. The molecule has 5 heteroatoms. The van der Waals surface area contributed by atoms with Crippen molar-refractivity contribution in [1.29, 1.82) is 0 Å². The van der Waals surface area contributed by atoms with Gasteiger partial charge in [0.15, 0.2) is 0 Å². The van der Waals surface area contributed by atoms with Crippen molar-refractivity contribution in [3.05, 3.63) is 35.4 Å². The second kappa shape index (κ2) is 7.24. The van der Waals surface area contributed by atoms with Crippen LogP contribution in [-0.4, -0.2) is 41.6 Å². The first-order chi connectivity index (χ1) is 11.5. The average molecular weight is 330 g/mol. The van der Waals surface area contributed by atoms with Crippen molar-refractivity contribution in [2.45, 2.75) is 32.6 Å². The third-order valence-corrected chi connectivity index (χ3v) is 5.26. The van der Waals surface area contributed by atoms with Crippen molar-refractivity contribution in [3.63, 3.8) is 0 Å². The number of likely N-dealkylation sites (tertiary alicyclic amines) is 1. The molecule has 2 aliphatic rings. The number of amides is 2. The summed E-state index contributed by atoms with van der Waals surface area (Å²) in [7, 11) is 0. The number of nitrogens with zero attached hydrogens (tertiary/aromatic N) is 1. The van der Waals surface area contributed by atoms with Crippen LogP contribution >= 0.6 is 0 Å². The van der Waals surface area contributed by atoms with Gasteiger partial charge in [0.05, 0.1) is 5.92 Å². The molecule has 1 aliphatic carbocycles. The zero-order valence-electron chi connectivity index (χ0n) is 14.2. The molecule has 130 valence electrons. The smallest absolute Gasteiger partial charge is 0.317 e. The van der Waals surface area contributed by atoms with Gasteiger partial charge in [0, 0.05) is 19.6 Å². The van der Waals surface area contributed by atoms with Gasteiger partial charge in [-0.2, -0.15) is 0 Å². The minimum Gasteiger partial charge on any atom is -0.481 e. The normalized spacial score (nSPS) is 23.8. The van der Waals surface area contributed by atoms with Gasteiger partial charge < -0.3 is 15.3 Å². The maximum Gasteiger partial charge on any atom is 0.317 e. The van der Waals surface area contributed by atoms with E-state index in [-0.39, 0.29) is 11.9 Å². The Morgan fingerprint density at radius 2 is 1.88 bits per heavy atom. The lowest BCUT2D eigenvalue weighted by atomic mass is 9.91. The minimum absolute atomic E-state index is 0.122. The summed E-state index contributed by atoms with van der Waals surface area (Å²) in [5.41, 5.74) is 2.87. The van der Waals surface area contributed by atoms with Gasteiger partial charge in [0.2, 0.25) is 0 Å². The second-order valence-corrected chi connectivity index (χ2v) is 7.34. The Balaban J connectivity index is 1.44. The summed E-state index contributed by atoms with van der Waals surface area (Å²) < 4.78 is 0. The van der Waals surface area contributed by atoms with Crippen LogP contribution in [0.3, 0.4) is 0 Å². The lowest BCUT2D eigenvalue weighted by Gasteiger charge is -2.34. The van der Waals surface area contributed by atoms with Gasteiger partial charge >= 0.3 is 12.0 Å². The molecule has 2 amide bonds. The zero-order valence-corrected chi connectivity index (χ0v) is 14.2. The highest BCUT2D eigenvalue weighted by Crippen LogP contribution is 2.28. The molecule has 0 bridgehead atoms. The van der Waals surface area contributed by atoms with Crippen LogP contribution in [0.15, 0.2) is 24.3 Å². The monoisotopic (exact) mass is 330 g/mol. The first-order valence-electron chi connectivity index (χ1n) is 8.85. The first kappa shape index (κ1) is 16.8. The van der Waals surface area contributed by atoms with Gasteiger partial charge in [0.25, 0.3) is 0 Å². The topological polar surface area (TPSA) is 69.6 Å². The second-order valence-electron chi connectivity index (χ2n) is 7.34. The Labute approximate surface area is 143 Å². The summed E-state index contributed by atoms with van der Waals surface area (Å²) in [6.07, 6.45) is 3.80. The standard InChI is InChI=1S/C19H26N2O3/c1-13-8-17(18(22)23)12-21(11-13)19(24)20-7-6-14-9-15-4-2-3-5-16(15)10-14/h2-5,13-14,17H,6-12H2,1H3,(H,20,24)(H,22,23). The molecular weight excluding hydrogens is 304 g/mol. The first-order valence-corrected chi connectivity index (χ1v) is 8.85. The van der Waals surface area contributed by atoms with Gasteiger partial charge in [-0.1, -0.05) is 31.2 Å². The Hall–Kier alpha value is -2.04. The number of carbonyl (C=O) groups excluding carboxylic acids is 1. The highest BCUT2D eigenvalue weighted by Gasteiger charge is 2.31. The van der Waals surface area contributed by atoms with Crippen molar-refractivity contribution in [3.8, 4) is 0 Å². The van der Waals surface area contributed by atoms with E-state index in [9.17, 15) is 14.7 Å². The maximum absolute atomic E-state index is 12.3. The van der Waals surface area contributed by atoms with E-state index >= 15 is 0 Å². The number of benzene rings is 1. The van der Waals surface area contributed by atoms with E-state index in [1.54, 1.807) is 4.90 Å². The summed E-state index contributed by atoms with van der Waals surface area (Å²) in [4.78, 5) is 25.2. The maximum atomic E-state index is 12.3. The van der Waals surface area contributed by atoms with Crippen LogP contribution in [-0.2, 0) is 17.6 Å². The molecule has 1 aliphatic heterocycles. The minimum atomic E-state index is -0.803. The molecule has 1 heterocycles. The van der Waals surface area contributed by atoms with E-state index in [1.807, 2.05) is 6.92 Å². The van der Waals surface area contributed by atoms with Gasteiger partial charge in [0.1, 0.15) is 0 Å². The fraction of sp³-hybridized carbons (Fsp3) is 0.579. The third kappa shape index (κ3) is 3.89. The molecule has 2 atom stereocenters. The van der Waals surface area contributed by atoms with Crippen LogP contribution in [0.4, 0.5) is 4.79 Å². The van der Waals surface area contributed by atoms with Crippen molar-refractivity contribution in [2.24, 2.45) is 17.8 Å². The highest BCUT2D eigenvalue weighted by molar-refractivity contribution is 5.76. The van der Waals surface area contributed by atoms with Crippen LogP contribution in [0.25, 0.3) is 0 Å². The van der Waals surface area contributed by atoms with Crippen molar-refractivity contribution >= 4 is 12.0 Å². The van der Waals surface area contributed by atoms with Crippen molar-refractivity contribution in [1.82, 2.24) is 10.2 Å². The van der Waals surface area contributed by atoms with Crippen LogP contribution in [0, 0.1) is 17.8 Å². The molecular formula is C19H26N2O3. The van der Waals surface area contributed by atoms with Crippen LogP contribution in [0.2, 0.25) is 0 Å². The Bertz CT molecular complexity index is 591. The van der Waals surface area contributed by atoms with Gasteiger partial charge in [-0.25, -0.2) is 4.79 Å². The number of hydrogen-bond acceptors (Lipinski definition) is 2. The van der Waals surface area contributed by atoms with E-state index < -0.39 is 11.9 Å². The lowest BCUT2D eigenvalue weighted by molar-refractivity contribution is -0.143. The molecule has 0 saturated carbocycles. The fourth-order valence-corrected chi connectivity index (χ4v) is 4.05. The lowest BCUT2D eigenvalue weighted by Crippen LogP contribution is -2.49. The Morgan fingerprint density at radius 3 is 2.50 bits per heavy atom. The number of urea groups is 1. The molecule has 1 aromatic rings. The predicted molar refractivity (Wildman–Crippen MR) is 91.8 cm³/mol. The molecule has 3 rings (SSSR count). The summed E-state index contributed by atoms with van der Waals surface area (Å²) in [6.45, 7) is 3.62. The molecule has 5 nitrogen and oxygen atoms in total. The number of rotatable bonds is 4. The molecule has 1 aromatic carbocycles. The summed E-state index contributed by atoms with van der Waals surface area (Å²) in [5.74, 6) is -0.420. The van der Waals surface area contributed by atoms with E-state index in [2.05, 4.69) is 29.6 Å². The molecule has 2 N–H and O–H groups in total. The molecule has 2 unspecified atom stereocenters. The number of carbonyl (C=O) groups is 2. The van der Waals surface area contributed by atoms with Crippen LogP contribution < -0.4 is 5.32 Å². The number of carboxylic acids is 1. The molecule has 1 saturated heterocycles. The number of nitrogens with one attached hydrogen (secondary N) is 1. The van der Waals surface area contributed by atoms with Gasteiger partial charge in [-0.05, 0) is 48.6 Å². The van der Waals surface area contributed by atoms with Crippen molar-refractivity contribution < 1.29 is 14.7 Å². The molecule has 0 radical (unpaired) electrons. The van der Waals surface area contributed by atoms with Crippen molar-refractivity contribution in [2.75, 3.05) is 19.6 Å². The van der Waals surface area contributed by atoms with E-state index in [0.717, 1.165) is 19.3 Å². The summed E-state index contributed by atoms with van der Waals surface area (Å²) in [6, 6.07) is 8.42. The zero-order chi connectivity index (χ0) is 17.1. The predicted octanol–water partition coefficient (Wildman–Crippen LogP) is 2.54. The summed E-state index contributed by atoms with van der Waals surface area (Å²) >= 11 is 0. The van der Waals surface area contributed by atoms with Crippen LogP contribution in [0.5, 0.6) is 0 Å². The number of fused-ring (bicyclic) bond motifs is 1. The highest BCUT2D eigenvalue weighted by atomic mass is 16.4. The third-order valence-electron chi connectivity index (χ3n) is 5.26. The van der Waals surface area contributed by atoms with E-state index in [1.165, 1.54) is 11.1 Å². The largest absolute Gasteiger partial charge is 0.481 e. The fourth-order valence-electron chi connectivity index (χ4n) is 4.05. The molecule has 0 spiro atoms. The van der Waals surface area contributed by atoms with Gasteiger partial charge in [-0.15, -0.1) is 0 Å². The van der Waals surface area contributed by atoms with E-state index in [4.69, 9.17) is 0 Å². The molecule has 0 aromatic heterocycles. The SMILES string of the molecule is CC1CC(C(=O)O)CN(C(=O)NCCC2Cc3ccccc3C2)C1. The summed E-state index contributed by atoms with van der Waals surface area (Å²) in [5, 5.41) is 12.2. The number of carboxylic acid groups (broad SMARTS) is 1. The quantitative estimate of drug-likeness (QED) is 0.891. The molecule has 1 fully saturated rings. The number of piperidine rings is 1. The van der Waals surface area contributed by atoms with Crippen LogP contribution in [0.1, 0.15) is 30.9 Å². The number of hydrogen-bond donors (Lipinski definition) is 2. The Morgan fingerprint density at radius 1 is 1.21 bits per heavy atom. The molecule has 24 heavy (non-hydrogen) atoms. The number of aliphatic carboxylic acids is 1. The van der Waals surface area contributed by atoms with E-state index in [0.29, 0.717) is 32.0 Å². The van der Waals surface area contributed by atoms with Gasteiger partial charge in [-0.3, -0.25) is 4.79 Å². The average Bonchev–Trinajstić information content (AvgIpc) is 2.96.